The third-order valence-corrected chi connectivity index (χ3v) is 6.70. The fourth-order valence-corrected chi connectivity index (χ4v) is 4.06. The lowest BCUT2D eigenvalue weighted by molar-refractivity contribution is -0.143. The Morgan fingerprint density at radius 1 is 0.682 bits per heavy atom. The van der Waals surface area contributed by atoms with E-state index in [-0.39, 0.29) is 23.2 Å². The van der Waals surface area contributed by atoms with Crippen LogP contribution in [0.2, 0.25) is 0 Å². The molecule has 0 saturated carbocycles. The van der Waals surface area contributed by atoms with Crippen LogP contribution in [-0.4, -0.2) is 30.9 Å². The predicted octanol–water partition coefficient (Wildman–Crippen LogP) is 8.84. The third-order valence-electron chi connectivity index (χ3n) is 6.70. The number of carbonyl (C=O) groups excluding carboxylic acids is 3. The van der Waals surface area contributed by atoms with Crippen molar-refractivity contribution in [1.29, 1.82) is 0 Å². The van der Waals surface area contributed by atoms with Gasteiger partial charge in [-0.05, 0) is 103 Å². The first-order chi connectivity index (χ1) is 19.9. The summed E-state index contributed by atoms with van der Waals surface area (Å²) in [6.45, 7) is 27.0. The maximum atomic E-state index is 13.8. The molecule has 0 radical (unpaired) electrons. The first-order valence-electron chi connectivity index (χ1n) is 15.1. The normalized spacial score (nSPS) is 13.0. The minimum absolute atomic E-state index is 0.0250. The molecule has 0 bridgehead atoms. The molecule has 7 nitrogen and oxygen atoms in total. The van der Waals surface area contributed by atoms with Crippen molar-refractivity contribution >= 4 is 23.8 Å². The smallest absolute Gasteiger partial charge is 0.316 e. The number of rotatable bonds is 8. The number of hydrogen-bond donors (Lipinski definition) is 0. The number of allylic oxidation sites excluding steroid dienone is 1. The standard InChI is InChI=1S/C37H52O7/c1-22(2)42-30-25(20-28(41-15)29(38)23-16-18-24(19-17-23)43-32(39)36(9,10)11)31(44-33(40)37(12,13)14)27(35(6,7)8)21-26(30)34(3,4)5/h16-22H,1-15H3. The molecule has 0 fully saturated rings. The van der Waals surface area contributed by atoms with E-state index in [0.29, 0.717) is 28.4 Å². The van der Waals surface area contributed by atoms with Gasteiger partial charge in [-0.25, -0.2) is 0 Å². The van der Waals surface area contributed by atoms with E-state index in [2.05, 4.69) is 41.5 Å². The average Bonchev–Trinajstić information content (AvgIpc) is 2.85. The van der Waals surface area contributed by atoms with Crippen LogP contribution in [0.1, 0.15) is 124 Å². The third kappa shape index (κ3) is 9.20. The van der Waals surface area contributed by atoms with E-state index in [1.165, 1.54) is 7.11 Å². The van der Waals surface area contributed by atoms with Crippen LogP contribution < -0.4 is 14.2 Å². The van der Waals surface area contributed by atoms with Gasteiger partial charge in [-0.3, -0.25) is 14.4 Å². The molecule has 0 saturated heterocycles. The zero-order valence-electron chi connectivity index (χ0n) is 29.4. The molecule has 0 atom stereocenters. The topological polar surface area (TPSA) is 88.1 Å². The van der Waals surface area contributed by atoms with Crippen molar-refractivity contribution in [3.63, 3.8) is 0 Å². The number of benzene rings is 2. The number of hydrogen-bond acceptors (Lipinski definition) is 7. The first-order valence-corrected chi connectivity index (χ1v) is 15.1. The summed E-state index contributed by atoms with van der Waals surface area (Å²) in [5, 5.41) is 0. The average molecular weight is 609 g/mol. The molecule has 242 valence electrons. The maximum absolute atomic E-state index is 13.8. The molecule has 0 aliphatic rings. The largest absolute Gasteiger partial charge is 0.493 e. The van der Waals surface area contributed by atoms with Gasteiger partial charge in [0.25, 0.3) is 0 Å². The van der Waals surface area contributed by atoms with Gasteiger partial charge in [-0.2, -0.15) is 0 Å². The Balaban J connectivity index is 2.89. The van der Waals surface area contributed by atoms with Crippen LogP contribution >= 0.6 is 0 Å². The van der Waals surface area contributed by atoms with Gasteiger partial charge in [0.05, 0.1) is 29.6 Å². The molecule has 0 heterocycles. The van der Waals surface area contributed by atoms with Crippen LogP contribution in [0.25, 0.3) is 6.08 Å². The molecular formula is C37H52O7. The van der Waals surface area contributed by atoms with E-state index >= 15 is 0 Å². The highest BCUT2D eigenvalue weighted by Crippen LogP contribution is 2.47. The minimum atomic E-state index is -0.782. The summed E-state index contributed by atoms with van der Waals surface area (Å²) in [7, 11) is 1.42. The van der Waals surface area contributed by atoms with Crippen LogP contribution in [-0.2, 0) is 25.2 Å². The Kier molecular flexibility index (Phi) is 11.0. The number of Topliss-reactive ketones (excluding diaryl/α,β-unsaturated/α-hetero) is 1. The summed E-state index contributed by atoms with van der Waals surface area (Å²) in [5.74, 6) is 0.0121. The Labute approximate surface area is 264 Å². The lowest BCUT2D eigenvalue weighted by Gasteiger charge is -2.32. The molecule has 0 spiro atoms. The molecule has 2 aromatic rings. The van der Waals surface area contributed by atoms with Crippen molar-refractivity contribution in [2.45, 2.75) is 114 Å². The lowest BCUT2D eigenvalue weighted by atomic mass is 9.78. The van der Waals surface area contributed by atoms with Crippen LogP contribution in [0.15, 0.2) is 36.1 Å². The molecular weight excluding hydrogens is 556 g/mol. The van der Waals surface area contributed by atoms with Gasteiger partial charge < -0.3 is 18.9 Å². The molecule has 44 heavy (non-hydrogen) atoms. The summed E-state index contributed by atoms with van der Waals surface area (Å²) in [5.41, 5.74) is 0.265. The van der Waals surface area contributed by atoms with E-state index < -0.39 is 28.0 Å². The van der Waals surface area contributed by atoms with Gasteiger partial charge in [-0.1, -0.05) is 41.5 Å². The number of ketones is 1. The van der Waals surface area contributed by atoms with Gasteiger partial charge >= 0.3 is 11.9 Å². The van der Waals surface area contributed by atoms with Gasteiger partial charge in [-0.15, -0.1) is 0 Å². The van der Waals surface area contributed by atoms with Crippen molar-refractivity contribution < 1.29 is 33.3 Å². The zero-order valence-corrected chi connectivity index (χ0v) is 29.4. The number of carbonyl (C=O) groups is 3. The molecule has 7 heteroatoms. The second kappa shape index (κ2) is 13.2. The van der Waals surface area contributed by atoms with Crippen LogP contribution in [0.4, 0.5) is 0 Å². The highest BCUT2D eigenvalue weighted by atomic mass is 16.5. The summed E-state index contributed by atoms with van der Waals surface area (Å²) in [6, 6.07) is 8.36. The van der Waals surface area contributed by atoms with E-state index in [0.717, 1.165) is 11.1 Å². The number of ether oxygens (including phenoxy) is 4. The molecule has 0 N–H and O–H groups in total. The van der Waals surface area contributed by atoms with Crippen molar-refractivity contribution in [3.8, 4) is 17.2 Å². The molecule has 0 aliphatic carbocycles. The molecule has 2 rings (SSSR count). The SMILES string of the molecule is COC(=Cc1c(OC(=O)C(C)(C)C)c(C(C)(C)C)cc(C(C)(C)C)c1OC(C)C)C(=O)c1ccc(OC(=O)C(C)(C)C)cc1. The fraction of sp³-hybridized carbons (Fsp3) is 0.541. The van der Waals surface area contributed by atoms with E-state index in [1.54, 1.807) is 71.9 Å². The number of esters is 2. The summed E-state index contributed by atoms with van der Waals surface area (Å²) in [4.78, 5) is 39.5. The van der Waals surface area contributed by atoms with E-state index in [9.17, 15) is 14.4 Å². The van der Waals surface area contributed by atoms with Crippen LogP contribution in [0.3, 0.4) is 0 Å². The molecule has 0 unspecified atom stereocenters. The van der Waals surface area contributed by atoms with E-state index in [1.807, 2.05) is 19.9 Å². The highest BCUT2D eigenvalue weighted by molar-refractivity contribution is 6.10. The Morgan fingerprint density at radius 2 is 1.14 bits per heavy atom. The van der Waals surface area contributed by atoms with Crippen LogP contribution in [0.5, 0.6) is 17.2 Å². The van der Waals surface area contributed by atoms with Crippen molar-refractivity contribution in [3.05, 3.63) is 58.3 Å². The summed E-state index contributed by atoms with van der Waals surface area (Å²) >= 11 is 0. The van der Waals surface area contributed by atoms with E-state index in [4.69, 9.17) is 18.9 Å². The summed E-state index contributed by atoms with van der Waals surface area (Å²) < 4.78 is 23.8. The predicted molar refractivity (Wildman–Crippen MR) is 176 cm³/mol. The number of methoxy groups -OCH3 is 1. The zero-order chi connectivity index (χ0) is 34.0. The maximum Gasteiger partial charge on any atom is 0.316 e. The van der Waals surface area contributed by atoms with Crippen molar-refractivity contribution in [2.24, 2.45) is 10.8 Å². The second-order valence-corrected chi connectivity index (χ2v) is 15.6. The monoisotopic (exact) mass is 608 g/mol. The van der Waals surface area contributed by atoms with Crippen molar-refractivity contribution in [1.82, 2.24) is 0 Å². The molecule has 0 amide bonds. The minimum Gasteiger partial charge on any atom is -0.493 e. The lowest BCUT2D eigenvalue weighted by Crippen LogP contribution is -2.28. The molecule has 0 aromatic heterocycles. The Bertz CT molecular complexity index is 1400. The van der Waals surface area contributed by atoms with Crippen molar-refractivity contribution in [2.75, 3.05) is 7.11 Å². The quantitative estimate of drug-likeness (QED) is 0.0972. The van der Waals surface area contributed by atoms with Gasteiger partial charge in [0.15, 0.2) is 5.76 Å². The summed E-state index contributed by atoms with van der Waals surface area (Å²) in [6.07, 6.45) is 1.39. The van der Waals surface area contributed by atoms with Gasteiger partial charge in [0, 0.05) is 16.7 Å². The fourth-order valence-electron chi connectivity index (χ4n) is 4.06. The second-order valence-electron chi connectivity index (χ2n) is 15.6. The Hall–Kier alpha value is -3.61. The molecule has 2 aromatic carbocycles. The highest BCUT2D eigenvalue weighted by Gasteiger charge is 2.34. The first kappa shape index (κ1) is 36.6. The Morgan fingerprint density at radius 3 is 1.55 bits per heavy atom. The van der Waals surface area contributed by atoms with Gasteiger partial charge in [0.2, 0.25) is 5.78 Å². The van der Waals surface area contributed by atoms with Gasteiger partial charge in [0.1, 0.15) is 17.2 Å². The van der Waals surface area contributed by atoms with Crippen LogP contribution in [0, 0.1) is 10.8 Å². The molecule has 0 aliphatic heterocycles.